The molecule has 1 heterocycles. The second-order valence-electron chi connectivity index (χ2n) is 7.88. The predicted molar refractivity (Wildman–Crippen MR) is 124 cm³/mol. The molecular weight excluding hydrogens is 372 g/mol. The van der Waals surface area contributed by atoms with Gasteiger partial charge in [-0.25, -0.2) is 0 Å². The third-order valence-corrected chi connectivity index (χ3v) is 5.44. The van der Waals surface area contributed by atoms with E-state index in [0.717, 1.165) is 51.4 Å². The fraction of sp³-hybridized carbons (Fsp3) is 0.440. The number of likely N-dealkylation sites (tertiary alicyclic amines) is 1. The molecule has 5 heteroatoms. The first kappa shape index (κ1) is 21.9. The number of benzene rings is 2. The zero-order chi connectivity index (χ0) is 21.0. The van der Waals surface area contributed by atoms with E-state index in [9.17, 15) is 4.79 Å². The number of nitrogens with zero attached hydrogens (tertiary/aromatic N) is 2. The Kier molecular flexibility index (Phi) is 8.76. The van der Waals surface area contributed by atoms with Gasteiger partial charge < -0.3 is 15.5 Å². The van der Waals surface area contributed by atoms with Crippen LogP contribution in [0, 0.1) is 5.92 Å². The summed E-state index contributed by atoms with van der Waals surface area (Å²) in [5.74, 6) is 1.40. The van der Waals surface area contributed by atoms with Gasteiger partial charge in [0.1, 0.15) is 0 Å². The third kappa shape index (κ3) is 7.21. The van der Waals surface area contributed by atoms with Crippen LogP contribution in [0.15, 0.2) is 65.7 Å². The fourth-order valence-corrected chi connectivity index (χ4v) is 3.81. The van der Waals surface area contributed by atoms with E-state index in [0.29, 0.717) is 18.9 Å². The standard InChI is InChI=1S/C25H34N4O/c1-2-26-25(27-16-9-14-21-10-5-3-6-11-21)28-19-23-18-24(30)29(20-23)17-15-22-12-7-4-8-13-22/h3-8,10-13,23H,2,9,14-20H2,1H3,(H2,26,27,28). The topological polar surface area (TPSA) is 56.7 Å². The van der Waals surface area contributed by atoms with E-state index in [1.54, 1.807) is 0 Å². The van der Waals surface area contributed by atoms with Crippen LogP contribution < -0.4 is 10.6 Å². The Morgan fingerprint density at radius 1 is 1.00 bits per heavy atom. The summed E-state index contributed by atoms with van der Waals surface area (Å²) < 4.78 is 0. The average molecular weight is 407 g/mol. The lowest BCUT2D eigenvalue weighted by atomic mass is 10.1. The summed E-state index contributed by atoms with van der Waals surface area (Å²) in [5.41, 5.74) is 2.64. The van der Waals surface area contributed by atoms with E-state index in [2.05, 4.69) is 54.0 Å². The number of aliphatic imine (C=N–C) groups is 1. The fourth-order valence-electron chi connectivity index (χ4n) is 3.81. The maximum atomic E-state index is 12.4. The molecule has 1 aliphatic heterocycles. The van der Waals surface area contributed by atoms with Crippen molar-refractivity contribution in [3.05, 3.63) is 71.8 Å². The number of carbonyl (C=O) groups is 1. The maximum Gasteiger partial charge on any atom is 0.223 e. The molecule has 1 atom stereocenters. The summed E-state index contributed by atoms with van der Waals surface area (Å²) in [6.45, 7) is 6.07. The molecule has 160 valence electrons. The van der Waals surface area contributed by atoms with Gasteiger partial charge in [0.15, 0.2) is 5.96 Å². The Hall–Kier alpha value is -2.82. The molecule has 0 saturated carbocycles. The first-order valence-electron chi connectivity index (χ1n) is 11.1. The lowest BCUT2D eigenvalue weighted by molar-refractivity contribution is -0.127. The van der Waals surface area contributed by atoms with Gasteiger partial charge in [0.05, 0.1) is 0 Å². The number of carbonyl (C=O) groups excluding carboxylic acids is 1. The van der Waals surface area contributed by atoms with Gasteiger partial charge in [-0.3, -0.25) is 9.79 Å². The van der Waals surface area contributed by atoms with Crippen molar-refractivity contribution in [2.24, 2.45) is 10.9 Å². The summed E-state index contributed by atoms with van der Waals surface area (Å²) in [5, 5.41) is 6.74. The highest BCUT2D eigenvalue weighted by Gasteiger charge is 2.28. The Labute approximate surface area is 180 Å². The van der Waals surface area contributed by atoms with Crippen molar-refractivity contribution in [3.8, 4) is 0 Å². The molecule has 2 aromatic rings. The molecule has 2 aromatic carbocycles. The van der Waals surface area contributed by atoms with Gasteiger partial charge >= 0.3 is 0 Å². The normalized spacial score (nSPS) is 16.7. The van der Waals surface area contributed by atoms with Gasteiger partial charge in [-0.1, -0.05) is 60.7 Å². The number of rotatable bonds is 10. The SMILES string of the molecule is CCNC(=NCC1CC(=O)N(CCc2ccccc2)C1)NCCCc1ccccc1. The van der Waals surface area contributed by atoms with Crippen molar-refractivity contribution in [2.75, 3.05) is 32.7 Å². The number of amides is 1. The average Bonchev–Trinajstić information content (AvgIpc) is 3.14. The number of nitrogens with one attached hydrogen (secondary N) is 2. The molecule has 3 rings (SSSR count). The van der Waals surface area contributed by atoms with Crippen molar-refractivity contribution < 1.29 is 4.79 Å². The second-order valence-corrected chi connectivity index (χ2v) is 7.88. The second kappa shape index (κ2) is 12.0. The summed E-state index contributed by atoms with van der Waals surface area (Å²) in [4.78, 5) is 19.1. The van der Waals surface area contributed by atoms with E-state index in [4.69, 9.17) is 4.99 Å². The van der Waals surface area contributed by atoms with Gasteiger partial charge in [0.2, 0.25) is 5.91 Å². The molecule has 0 aliphatic carbocycles. The number of guanidine groups is 1. The summed E-state index contributed by atoms with van der Waals surface area (Å²) >= 11 is 0. The minimum Gasteiger partial charge on any atom is -0.357 e. The summed E-state index contributed by atoms with van der Waals surface area (Å²) in [6.07, 6.45) is 3.63. The quantitative estimate of drug-likeness (QED) is 0.362. The van der Waals surface area contributed by atoms with Crippen LogP contribution in [0.2, 0.25) is 0 Å². The van der Waals surface area contributed by atoms with Crippen LogP contribution in [0.1, 0.15) is 30.9 Å². The summed E-state index contributed by atoms with van der Waals surface area (Å²) in [6, 6.07) is 20.9. The van der Waals surface area contributed by atoms with Crippen LogP contribution in [0.3, 0.4) is 0 Å². The molecule has 1 saturated heterocycles. The monoisotopic (exact) mass is 406 g/mol. The van der Waals surface area contributed by atoms with Gasteiger partial charge in [-0.2, -0.15) is 0 Å². The Morgan fingerprint density at radius 2 is 1.67 bits per heavy atom. The Bertz CT molecular complexity index is 791. The number of hydrogen-bond acceptors (Lipinski definition) is 2. The first-order valence-corrected chi connectivity index (χ1v) is 11.1. The predicted octanol–water partition coefficient (Wildman–Crippen LogP) is 3.27. The molecule has 2 N–H and O–H groups in total. The molecule has 1 unspecified atom stereocenters. The number of hydrogen-bond donors (Lipinski definition) is 2. The van der Waals surface area contributed by atoms with Crippen molar-refractivity contribution >= 4 is 11.9 Å². The van der Waals surface area contributed by atoms with E-state index >= 15 is 0 Å². The lowest BCUT2D eigenvalue weighted by Crippen LogP contribution is -2.38. The molecule has 1 aliphatic rings. The molecule has 0 aromatic heterocycles. The first-order chi connectivity index (χ1) is 14.7. The van der Waals surface area contributed by atoms with Crippen LogP contribution in [-0.4, -0.2) is 49.5 Å². The van der Waals surface area contributed by atoms with Crippen molar-refractivity contribution in [1.82, 2.24) is 15.5 Å². The largest absolute Gasteiger partial charge is 0.357 e. The van der Waals surface area contributed by atoms with Crippen LogP contribution >= 0.6 is 0 Å². The van der Waals surface area contributed by atoms with Gasteiger partial charge in [0.25, 0.3) is 0 Å². The van der Waals surface area contributed by atoms with Crippen molar-refractivity contribution in [2.45, 2.75) is 32.6 Å². The molecule has 30 heavy (non-hydrogen) atoms. The highest BCUT2D eigenvalue weighted by atomic mass is 16.2. The highest BCUT2D eigenvalue weighted by molar-refractivity contribution is 5.80. The summed E-state index contributed by atoms with van der Waals surface area (Å²) in [7, 11) is 0. The lowest BCUT2D eigenvalue weighted by Gasteiger charge is -2.16. The zero-order valence-corrected chi connectivity index (χ0v) is 18.0. The minimum absolute atomic E-state index is 0.256. The van der Waals surface area contributed by atoms with E-state index < -0.39 is 0 Å². The zero-order valence-electron chi connectivity index (χ0n) is 18.0. The highest BCUT2D eigenvalue weighted by Crippen LogP contribution is 2.18. The Morgan fingerprint density at radius 3 is 2.33 bits per heavy atom. The molecular formula is C25H34N4O. The molecule has 0 bridgehead atoms. The van der Waals surface area contributed by atoms with Gasteiger partial charge in [-0.05, 0) is 37.3 Å². The molecule has 0 spiro atoms. The van der Waals surface area contributed by atoms with Gasteiger partial charge in [0, 0.05) is 45.1 Å². The van der Waals surface area contributed by atoms with Crippen LogP contribution in [0.4, 0.5) is 0 Å². The van der Waals surface area contributed by atoms with E-state index in [1.165, 1.54) is 11.1 Å². The van der Waals surface area contributed by atoms with Crippen molar-refractivity contribution in [3.63, 3.8) is 0 Å². The third-order valence-electron chi connectivity index (χ3n) is 5.44. The van der Waals surface area contributed by atoms with Crippen LogP contribution in [0.5, 0.6) is 0 Å². The van der Waals surface area contributed by atoms with E-state index in [-0.39, 0.29) is 5.91 Å². The Balaban J connectivity index is 1.40. The van der Waals surface area contributed by atoms with Crippen LogP contribution in [0.25, 0.3) is 0 Å². The molecule has 0 radical (unpaired) electrons. The molecule has 1 amide bonds. The smallest absolute Gasteiger partial charge is 0.223 e. The van der Waals surface area contributed by atoms with Gasteiger partial charge in [-0.15, -0.1) is 0 Å². The molecule has 5 nitrogen and oxygen atoms in total. The minimum atomic E-state index is 0.256. The molecule has 1 fully saturated rings. The van der Waals surface area contributed by atoms with Crippen LogP contribution in [-0.2, 0) is 17.6 Å². The van der Waals surface area contributed by atoms with E-state index in [1.807, 2.05) is 29.2 Å². The number of aryl methyl sites for hydroxylation is 1. The van der Waals surface area contributed by atoms with Crippen molar-refractivity contribution in [1.29, 1.82) is 0 Å². The maximum absolute atomic E-state index is 12.4.